The topological polar surface area (TPSA) is 107 Å². The molecule has 2 N–H and O–H groups in total. The Bertz CT molecular complexity index is 896. The van der Waals surface area contributed by atoms with E-state index in [4.69, 9.17) is 9.88 Å². The Hall–Kier alpha value is -2.78. The standard InChI is InChI=1S/C17H17FN2O5S/c1-20(10-12-2-6-14(18)7-3-12)16(21)11-25-17(22)13-4-8-15(9-5-13)26(19,23)24/h2-9H,10-11H2,1H3,(H2,19,23,24). The van der Waals surface area contributed by atoms with Crippen molar-refractivity contribution in [3.05, 3.63) is 65.5 Å². The lowest BCUT2D eigenvalue weighted by Crippen LogP contribution is -2.30. The van der Waals surface area contributed by atoms with Gasteiger partial charge in [-0.05, 0) is 42.0 Å². The molecular formula is C17H17FN2O5S. The Morgan fingerprint density at radius 1 is 1.08 bits per heavy atom. The predicted octanol–water partition coefficient (Wildman–Crippen LogP) is 1.29. The van der Waals surface area contributed by atoms with Crippen LogP contribution in [0.3, 0.4) is 0 Å². The number of rotatable bonds is 6. The molecule has 7 nitrogen and oxygen atoms in total. The van der Waals surface area contributed by atoms with Gasteiger partial charge in [-0.3, -0.25) is 4.79 Å². The molecule has 1 amide bonds. The third-order valence-electron chi connectivity index (χ3n) is 3.50. The van der Waals surface area contributed by atoms with Crippen molar-refractivity contribution in [2.75, 3.05) is 13.7 Å². The quantitative estimate of drug-likeness (QED) is 0.760. The number of amides is 1. The number of benzene rings is 2. The lowest BCUT2D eigenvalue weighted by atomic mass is 10.2. The van der Waals surface area contributed by atoms with E-state index in [1.165, 1.54) is 48.3 Å². The summed E-state index contributed by atoms with van der Waals surface area (Å²) in [5.74, 6) is -1.58. The number of carbonyl (C=O) groups excluding carboxylic acids is 2. The fourth-order valence-corrected chi connectivity index (χ4v) is 2.57. The Balaban J connectivity index is 1.89. The second-order valence-corrected chi connectivity index (χ2v) is 7.08. The first-order valence-corrected chi connectivity index (χ1v) is 9.00. The van der Waals surface area contributed by atoms with Gasteiger partial charge in [-0.2, -0.15) is 0 Å². The van der Waals surface area contributed by atoms with Crippen LogP contribution in [0.25, 0.3) is 0 Å². The van der Waals surface area contributed by atoms with E-state index in [9.17, 15) is 22.4 Å². The number of ether oxygens (including phenoxy) is 1. The number of esters is 1. The Kier molecular flexibility index (Phi) is 6.06. The summed E-state index contributed by atoms with van der Waals surface area (Å²) in [5, 5.41) is 4.97. The van der Waals surface area contributed by atoms with Crippen LogP contribution in [0.15, 0.2) is 53.4 Å². The second-order valence-electron chi connectivity index (χ2n) is 5.52. The smallest absolute Gasteiger partial charge is 0.338 e. The number of nitrogens with two attached hydrogens (primary N) is 1. The van der Waals surface area contributed by atoms with Crippen LogP contribution in [0, 0.1) is 5.82 Å². The summed E-state index contributed by atoms with van der Waals surface area (Å²) in [6.07, 6.45) is 0. The molecule has 0 unspecified atom stereocenters. The number of sulfonamides is 1. The molecule has 0 aliphatic rings. The molecule has 0 aliphatic heterocycles. The van der Waals surface area contributed by atoms with E-state index >= 15 is 0 Å². The molecule has 0 saturated carbocycles. The maximum absolute atomic E-state index is 12.9. The molecule has 26 heavy (non-hydrogen) atoms. The number of likely N-dealkylation sites (N-methyl/N-ethyl adjacent to an activating group) is 1. The summed E-state index contributed by atoms with van der Waals surface area (Å²) in [7, 11) is -2.32. The van der Waals surface area contributed by atoms with Gasteiger partial charge in [-0.1, -0.05) is 12.1 Å². The van der Waals surface area contributed by atoms with E-state index in [0.29, 0.717) is 0 Å². The highest BCUT2D eigenvalue weighted by Gasteiger charge is 2.15. The van der Waals surface area contributed by atoms with Gasteiger partial charge in [0.1, 0.15) is 5.82 Å². The van der Waals surface area contributed by atoms with Crippen LogP contribution < -0.4 is 5.14 Å². The Labute approximate surface area is 150 Å². The highest BCUT2D eigenvalue weighted by atomic mass is 32.2. The molecule has 0 atom stereocenters. The highest BCUT2D eigenvalue weighted by molar-refractivity contribution is 7.89. The minimum Gasteiger partial charge on any atom is -0.452 e. The molecule has 2 aromatic carbocycles. The van der Waals surface area contributed by atoms with E-state index < -0.39 is 28.5 Å². The van der Waals surface area contributed by atoms with E-state index in [0.717, 1.165) is 5.56 Å². The molecule has 0 aromatic heterocycles. The van der Waals surface area contributed by atoms with Crippen molar-refractivity contribution in [3.8, 4) is 0 Å². The van der Waals surface area contributed by atoms with Crippen LogP contribution in [0.1, 0.15) is 15.9 Å². The molecule has 0 aliphatic carbocycles. The minimum absolute atomic E-state index is 0.0892. The van der Waals surface area contributed by atoms with Crippen LogP contribution in [-0.2, 0) is 26.1 Å². The van der Waals surface area contributed by atoms with Crippen molar-refractivity contribution in [2.45, 2.75) is 11.4 Å². The first kappa shape index (κ1) is 19.5. The highest BCUT2D eigenvalue weighted by Crippen LogP contribution is 2.10. The van der Waals surface area contributed by atoms with Crippen molar-refractivity contribution in [1.82, 2.24) is 4.90 Å². The van der Waals surface area contributed by atoms with Gasteiger partial charge in [0.2, 0.25) is 10.0 Å². The monoisotopic (exact) mass is 380 g/mol. The summed E-state index contributed by atoms with van der Waals surface area (Å²) < 4.78 is 40.1. The van der Waals surface area contributed by atoms with Gasteiger partial charge in [0.05, 0.1) is 10.5 Å². The second kappa shape index (κ2) is 8.07. The molecule has 9 heteroatoms. The van der Waals surface area contributed by atoms with Crippen LogP contribution in [0.2, 0.25) is 0 Å². The van der Waals surface area contributed by atoms with Gasteiger partial charge >= 0.3 is 5.97 Å². The fourth-order valence-electron chi connectivity index (χ4n) is 2.05. The molecule has 0 radical (unpaired) electrons. The van der Waals surface area contributed by atoms with E-state index in [1.807, 2.05) is 0 Å². The zero-order valence-electron chi connectivity index (χ0n) is 13.9. The van der Waals surface area contributed by atoms with Crippen molar-refractivity contribution in [3.63, 3.8) is 0 Å². The van der Waals surface area contributed by atoms with Crippen LogP contribution in [-0.4, -0.2) is 38.8 Å². The summed E-state index contributed by atoms with van der Waals surface area (Å²) >= 11 is 0. The van der Waals surface area contributed by atoms with Gasteiger partial charge in [0, 0.05) is 13.6 Å². The van der Waals surface area contributed by atoms with Crippen molar-refractivity contribution < 1.29 is 27.1 Å². The van der Waals surface area contributed by atoms with Gasteiger partial charge < -0.3 is 9.64 Å². The normalized spacial score (nSPS) is 11.0. The average Bonchev–Trinajstić information content (AvgIpc) is 2.60. The minimum atomic E-state index is -3.85. The fraction of sp³-hybridized carbons (Fsp3) is 0.176. The van der Waals surface area contributed by atoms with Crippen LogP contribution in [0.5, 0.6) is 0 Å². The maximum atomic E-state index is 12.9. The molecule has 2 rings (SSSR count). The third-order valence-corrected chi connectivity index (χ3v) is 4.43. The average molecular weight is 380 g/mol. The maximum Gasteiger partial charge on any atom is 0.338 e. The third kappa shape index (κ3) is 5.36. The molecule has 0 saturated heterocycles. The van der Waals surface area contributed by atoms with Crippen molar-refractivity contribution in [2.24, 2.45) is 5.14 Å². The lowest BCUT2D eigenvalue weighted by molar-refractivity contribution is -0.133. The van der Waals surface area contributed by atoms with Crippen LogP contribution in [0.4, 0.5) is 4.39 Å². The van der Waals surface area contributed by atoms with Gasteiger partial charge in [0.15, 0.2) is 6.61 Å². The summed E-state index contributed by atoms with van der Waals surface area (Å²) in [5.41, 5.74) is 0.818. The number of nitrogens with zero attached hydrogens (tertiary/aromatic N) is 1. The SMILES string of the molecule is CN(Cc1ccc(F)cc1)C(=O)COC(=O)c1ccc(S(N)(=O)=O)cc1. The molecule has 0 fully saturated rings. The van der Waals surface area contributed by atoms with Crippen molar-refractivity contribution in [1.29, 1.82) is 0 Å². The molecular weight excluding hydrogens is 363 g/mol. The van der Waals surface area contributed by atoms with Gasteiger partial charge in [0.25, 0.3) is 5.91 Å². The Morgan fingerprint density at radius 3 is 2.19 bits per heavy atom. The number of hydrogen-bond donors (Lipinski definition) is 1. The summed E-state index contributed by atoms with van der Waals surface area (Å²) in [6.45, 7) is -0.243. The van der Waals surface area contributed by atoms with E-state index in [-0.39, 0.29) is 22.8 Å². The number of halogens is 1. The Morgan fingerprint density at radius 2 is 1.65 bits per heavy atom. The molecule has 138 valence electrons. The largest absolute Gasteiger partial charge is 0.452 e. The number of carbonyl (C=O) groups is 2. The molecule has 0 heterocycles. The zero-order chi connectivity index (χ0) is 19.3. The molecule has 0 bridgehead atoms. The lowest BCUT2D eigenvalue weighted by Gasteiger charge is -2.17. The van der Waals surface area contributed by atoms with E-state index in [1.54, 1.807) is 12.1 Å². The summed E-state index contributed by atoms with van der Waals surface area (Å²) in [4.78, 5) is 25.1. The molecule has 0 spiro atoms. The number of primary sulfonamides is 1. The number of hydrogen-bond acceptors (Lipinski definition) is 5. The molecule has 2 aromatic rings. The van der Waals surface area contributed by atoms with Gasteiger partial charge in [-0.25, -0.2) is 22.7 Å². The van der Waals surface area contributed by atoms with Crippen LogP contribution >= 0.6 is 0 Å². The van der Waals surface area contributed by atoms with E-state index in [2.05, 4.69) is 0 Å². The zero-order valence-corrected chi connectivity index (χ0v) is 14.7. The van der Waals surface area contributed by atoms with Crippen molar-refractivity contribution >= 4 is 21.9 Å². The van der Waals surface area contributed by atoms with Gasteiger partial charge in [-0.15, -0.1) is 0 Å². The first-order valence-electron chi connectivity index (χ1n) is 7.45. The summed E-state index contributed by atoms with van der Waals surface area (Å²) in [6, 6.07) is 10.5. The first-order chi connectivity index (χ1) is 12.2. The predicted molar refractivity (Wildman–Crippen MR) is 91.0 cm³/mol.